The molecule has 0 spiro atoms. The van der Waals surface area contributed by atoms with Gasteiger partial charge < -0.3 is 4.74 Å². The van der Waals surface area contributed by atoms with Crippen LogP contribution in [-0.2, 0) is 9.53 Å². The Labute approximate surface area is 139 Å². The molecule has 5 nitrogen and oxygen atoms in total. The Hall–Kier alpha value is -1.82. The largest absolute Gasteiger partial charge is 0.468 e. The first-order valence-corrected chi connectivity index (χ1v) is 8.75. The minimum Gasteiger partial charge on any atom is -0.468 e. The normalized spacial score (nSPS) is 16.6. The van der Waals surface area contributed by atoms with Crippen LogP contribution in [0.3, 0.4) is 0 Å². The van der Waals surface area contributed by atoms with E-state index in [0.29, 0.717) is 16.1 Å². The zero-order valence-electron chi connectivity index (χ0n) is 13.3. The molecule has 122 valence electrons. The summed E-state index contributed by atoms with van der Waals surface area (Å²) < 4.78 is 6.58. The molecule has 1 fully saturated rings. The fourth-order valence-corrected chi connectivity index (χ4v) is 4.07. The maximum absolute atomic E-state index is 13.0. The van der Waals surface area contributed by atoms with Gasteiger partial charge in [0.15, 0.2) is 5.16 Å². The van der Waals surface area contributed by atoms with E-state index in [1.807, 2.05) is 24.3 Å². The molecule has 1 aromatic heterocycles. The number of carbonyl (C=O) groups excluding carboxylic acids is 1. The summed E-state index contributed by atoms with van der Waals surface area (Å²) >= 11 is 1.30. The van der Waals surface area contributed by atoms with Crippen LogP contribution in [0.5, 0.6) is 0 Å². The summed E-state index contributed by atoms with van der Waals surface area (Å²) in [6, 6.07) is 7.55. The zero-order valence-corrected chi connectivity index (χ0v) is 14.1. The molecule has 0 amide bonds. The van der Waals surface area contributed by atoms with Crippen molar-refractivity contribution in [2.75, 3.05) is 7.11 Å². The van der Waals surface area contributed by atoms with Crippen molar-refractivity contribution in [1.82, 2.24) is 9.55 Å². The third-order valence-corrected chi connectivity index (χ3v) is 5.33. The van der Waals surface area contributed by atoms with Gasteiger partial charge in [-0.3, -0.25) is 14.2 Å². The van der Waals surface area contributed by atoms with Gasteiger partial charge in [0.2, 0.25) is 0 Å². The third kappa shape index (κ3) is 3.13. The number of nitrogens with zero attached hydrogens (tertiary/aromatic N) is 2. The maximum atomic E-state index is 13.0. The summed E-state index contributed by atoms with van der Waals surface area (Å²) in [5.74, 6) is -0.310. The van der Waals surface area contributed by atoms with Gasteiger partial charge >= 0.3 is 5.97 Å². The number of para-hydroxylation sites is 1. The molecule has 1 aliphatic rings. The molecule has 0 saturated heterocycles. The van der Waals surface area contributed by atoms with E-state index >= 15 is 0 Å². The molecule has 0 aliphatic heterocycles. The molecule has 1 aromatic carbocycles. The Morgan fingerprint density at radius 1 is 1.35 bits per heavy atom. The number of carbonyl (C=O) groups is 1. The third-order valence-electron chi connectivity index (χ3n) is 4.28. The predicted molar refractivity (Wildman–Crippen MR) is 90.8 cm³/mol. The van der Waals surface area contributed by atoms with Gasteiger partial charge in [0.05, 0.1) is 18.0 Å². The number of hydrogen-bond donors (Lipinski definition) is 0. The highest BCUT2D eigenvalue weighted by atomic mass is 32.2. The SMILES string of the molecule is COC(=O)[C@@H](C)Sc1nc2ccccc2c(=O)n1C1CCCC1. The number of benzene rings is 1. The monoisotopic (exact) mass is 332 g/mol. The molecule has 1 aliphatic carbocycles. The number of thioether (sulfide) groups is 1. The second-order valence-corrected chi connectivity index (χ2v) is 7.12. The summed E-state index contributed by atoms with van der Waals surface area (Å²) in [5.41, 5.74) is 0.661. The molecule has 1 saturated carbocycles. The summed E-state index contributed by atoms with van der Waals surface area (Å²) in [4.78, 5) is 29.3. The molecule has 2 aromatic rings. The summed E-state index contributed by atoms with van der Waals surface area (Å²) in [6.07, 6.45) is 4.22. The van der Waals surface area contributed by atoms with Gasteiger partial charge in [-0.1, -0.05) is 36.7 Å². The van der Waals surface area contributed by atoms with Gasteiger partial charge in [-0.05, 0) is 31.9 Å². The lowest BCUT2D eigenvalue weighted by Crippen LogP contribution is -2.27. The first-order valence-electron chi connectivity index (χ1n) is 7.87. The van der Waals surface area contributed by atoms with E-state index in [4.69, 9.17) is 4.74 Å². The van der Waals surface area contributed by atoms with Crippen molar-refractivity contribution >= 4 is 28.6 Å². The predicted octanol–water partition coefficient (Wildman–Crippen LogP) is 3.17. The quantitative estimate of drug-likeness (QED) is 0.489. The van der Waals surface area contributed by atoms with Crippen molar-refractivity contribution in [3.8, 4) is 0 Å². The number of esters is 1. The highest BCUT2D eigenvalue weighted by Gasteiger charge is 2.25. The molecule has 0 N–H and O–H groups in total. The van der Waals surface area contributed by atoms with Crippen LogP contribution in [0.1, 0.15) is 38.6 Å². The van der Waals surface area contributed by atoms with Crippen LogP contribution < -0.4 is 5.56 Å². The molecule has 1 heterocycles. The fraction of sp³-hybridized carbons (Fsp3) is 0.471. The number of ether oxygens (including phenoxy) is 1. The van der Waals surface area contributed by atoms with E-state index in [2.05, 4.69) is 4.98 Å². The molecular weight excluding hydrogens is 312 g/mol. The number of hydrogen-bond acceptors (Lipinski definition) is 5. The number of aromatic nitrogens is 2. The van der Waals surface area contributed by atoms with Gasteiger partial charge in [-0.25, -0.2) is 4.98 Å². The Morgan fingerprint density at radius 2 is 2.04 bits per heavy atom. The lowest BCUT2D eigenvalue weighted by Gasteiger charge is -2.19. The molecule has 3 rings (SSSR count). The van der Waals surface area contributed by atoms with E-state index in [1.165, 1.54) is 18.9 Å². The zero-order chi connectivity index (χ0) is 16.4. The second kappa shape index (κ2) is 6.74. The van der Waals surface area contributed by atoms with E-state index in [9.17, 15) is 9.59 Å². The molecule has 0 unspecified atom stereocenters. The van der Waals surface area contributed by atoms with Crippen LogP contribution >= 0.6 is 11.8 Å². The van der Waals surface area contributed by atoms with Crippen LogP contribution in [0.2, 0.25) is 0 Å². The van der Waals surface area contributed by atoms with Crippen molar-refractivity contribution in [3.63, 3.8) is 0 Å². The smallest absolute Gasteiger partial charge is 0.318 e. The Kier molecular flexibility index (Phi) is 4.71. The average Bonchev–Trinajstić information content (AvgIpc) is 3.08. The van der Waals surface area contributed by atoms with E-state index < -0.39 is 5.25 Å². The molecule has 0 bridgehead atoms. The van der Waals surface area contributed by atoms with Crippen LogP contribution in [0.15, 0.2) is 34.2 Å². The van der Waals surface area contributed by atoms with Crippen LogP contribution in [0.25, 0.3) is 10.9 Å². The number of rotatable bonds is 4. The van der Waals surface area contributed by atoms with Crippen molar-refractivity contribution in [2.45, 2.75) is 49.1 Å². The lowest BCUT2D eigenvalue weighted by molar-refractivity contribution is -0.139. The highest BCUT2D eigenvalue weighted by Crippen LogP contribution is 2.33. The molecule has 6 heteroatoms. The Balaban J connectivity index is 2.11. The summed E-state index contributed by atoms with van der Waals surface area (Å²) in [7, 11) is 1.37. The van der Waals surface area contributed by atoms with E-state index in [1.54, 1.807) is 11.5 Å². The fourth-order valence-electron chi connectivity index (χ4n) is 3.07. The van der Waals surface area contributed by atoms with Gasteiger partial charge in [-0.2, -0.15) is 0 Å². The lowest BCUT2D eigenvalue weighted by atomic mass is 10.2. The minimum atomic E-state index is -0.402. The van der Waals surface area contributed by atoms with Crippen molar-refractivity contribution in [2.24, 2.45) is 0 Å². The van der Waals surface area contributed by atoms with Gasteiger partial charge in [-0.15, -0.1) is 0 Å². The Morgan fingerprint density at radius 3 is 2.74 bits per heavy atom. The average molecular weight is 332 g/mol. The number of fused-ring (bicyclic) bond motifs is 1. The van der Waals surface area contributed by atoms with Crippen molar-refractivity contribution < 1.29 is 9.53 Å². The first-order chi connectivity index (χ1) is 11.1. The topological polar surface area (TPSA) is 61.2 Å². The molecule has 0 radical (unpaired) electrons. The summed E-state index contributed by atoms with van der Waals surface area (Å²) in [5, 5.41) is 0.841. The van der Waals surface area contributed by atoms with Gasteiger partial charge in [0, 0.05) is 6.04 Å². The molecule has 23 heavy (non-hydrogen) atoms. The second-order valence-electron chi connectivity index (χ2n) is 5.81. The van der Waals surface area contributed by atoms with Crippen molar-refractivity contribution in [1.29, 1.82) is 0 Å². The molecular formula is C17H20N2O3S. The summed E-state index contributed by atoms with van der Waals surface area (Å²) in [6.45, 7) is 1.77. The van der Waals surface area contributed by atoms with Crippen LogP contribution in [-0.4, -0.2) is 27.9 Å². The number of methoxy groups -OCH3 is 1. The Bertz CT molecular complexity index is 781. The van der Waals surface area contributed by atoms with E-state index in [-0.39, 0.29) is 17.6 Å². The van der Waals surface area contributed by atoms with Gasteiger partial charge in [0.25, 0.3) is 5.56 Å². The van der Waals surface area contributed by atoms with Crippen LogP contribution in [0.4, 0.5) is 0 Å². The highest BCUT2D eigenvalue weighted by molar-refractivity contribution is 8.00. The van der Waals surface area contributed by atoms with E-state index in [0.717, 1.165) is 25.7 Å². The maximum Gasteiger partial charge on any atom is 0.318 e. The van der Waals surface area contributed by atoms with Gasteiger partial charge in [0.1, 0.15) is 5.25 Å². The standard InChI is InChI=1S/C17H20N2O3S/c1-11(16(21)22-2)23-17-18-14-10-6-5-9-13(14)15(20)19(17)12-7-3-4-8-12/h5-6,9-12H,3-4,7-8H2,1-2H3/t11-/m1/s1. The van der Waals surface area contributed by atoms with Crippen LogP contribution in [0, 0.1) is 0 Å². The molecule has 1 atom stereocenters. The van der Waals surface area contributed by atoms with Crippen molar-refractivity contribution in [3.05, 3.63) is 34.6 Å². The first kappa shape index (κ1) is 16.1. The minimum absolute atomic E-state index is 0.0120.